The Bertz CT molecular complexity index is 945. The zero-order valence-corrected chi connectivity index (χ0v) is 13.9. The number of carbonyl (C=O) groups excluding carboxylic acids is 1. The van der Waals surface area contributed by atoms with E-state index in [1.807, 2.05) is 26.0 Å². The monoisotopic (exact) mass is 331 g/mol. The number of rotatable bonds is 4. The molecule has 3 heterocycles. The van der Waals surface area contributed by atoms with Crippen LogP contribution < -0.4 is 10.9 Å². The van der Waals surface area contributed by atoms with Crippen LogP contribution in [0.5, 0.6) is 0 Å². The molecular formula is C16H17N3O3S. The number of pyridine rings is 1. The Hall–Kier alpha value is -2.25. The third-order valence-corrected chi connectivity index (χ3v) is 4.58. The summed E-state index contributed by atoms with van der Waals surface area (Å²) in [4.78, 5) is 30.4. The van der Waals surface area contributed by atoms with E-state index in [0.29, 0.717) is 27.3 Å². The van der Waals surface area contributed by atoms with Crippen molar-refractivity contribution < 1.29 is 9.53 Å². The number of hydrogen-bond donors (Lipinski definition) is 1. The van der Waals surface area contributed by atoms with Crippen molar-refractivity contribution >= 4 is 33.1 Å². The fourth-order valence-electron chi connectivity index (χ4n) is 2.46. The van der Waals surface area contributed by atoms with Gasteiger partial charge in [-0.1, -0.05) is 6.07 Å². The zero-order chi connectivity index (χ0) is 16.6. The number of amides is 1. The van der Waals surface area contributed by atoms with Gasteiger partial charge in [-0.05, 0) is 31.5 Å². The molecule has 0 saturated heterocycles. The fraction of sp³-hybridized carbons (Fsp3) is 0.312. The van der Waals surface area contributed by atoms with Crippen molar-refractivity contribution in [1.82, 2.24) is 14.7 Å². The number of fused-ring (bicyclic) bond motifs is 2. The summed E-state index contributed by atoms with van der Waals surface area (Å²) in [6.45, 7) is 4.20. The highest BCUT2D eigenvalue weighted by Crippen LogP contribution is 2.22. The van der Waals surface area contributed by atoms with Gasteiger partial charge in [0.15, 0.2) is 0 Å². The van der Waals surface area contributed by atoms with Gasteiger partial charge in [-0.3, -0.25) is 14.0 Å². The second kappa shape index (κ2) is 6.10. The average Bonchev–Trinajstić information content (AvgIpc) is 2.93. The predicted octanol–water partition coefficient (Wildman–Crippen LogP) is 1.98. The number of hydrogen-bond acceptors (Lipinski definition) is 5. The molecule has 0 fully saturated rings. The summed E-state index contributed by atoms with van der Waals surface area (Å²) >= 11 is 1.23. The predicted molar refractivity (Wildman–Crippen MR) is 90.4 cm³/mol. The number of ether oxygens (including phenoxy) is 1. The lowest BCUT2D eigenvalue weighted by atomic mass is 10.3. The number of carbonyl (C=O) groups is 1. The van der Waals surface area contributed by atoms with E-state index in [2.05, 4.69) is 10.3 Å². The number of nitrogens with one attached hydrogen (secondary N) is 1. The number of methoxy groups -OCH3 is 1. The molecule has 7 heteroatoms. The quantitative estimate of drug-likeness (QED) is 0.793. The van der Waals surface area contributed by atoms with Crippen LogP contribution in [0.4, 0.5) is 0 Å². The maximum atomic E-state index is 12.6. The van der Waals surface area contributed by atoms with Gasteiger partial charge in [0.25, 0.3) is 11.5 Å². The zero-order valence-electron chi connectivity index (χ0n) is 13.1. The van der Waals surface area contributed by atoms with Crippen molar-refractivity contribution in [2.75, 3.05) is 13.7 Å². The Morgan fingerprint density at radius 1 is 1.52 bits per heavy atom. The van der Waals surface area contributed by atoms with Gasteiger partial charge >= 0.3 is 0 Å². The molecule has 1 N–H and O–H groups in total. The van der Waals surface area contributed by atoms with E-state index < -0.39 is 0 Å². The number of aryl methyl sites for hydroxylation is 1. The smallest absolute Gasteiger partial charge is 0.266 e. The molecule has 23 heavy (non-hydrogen) atoms. The first-order valence-electron chi connectivity index (χ1n) is 7.22. The highest BCUT2D eigenvalue weighted by Gasteiger charge is 2.16. The molecule has 0 spiro atoms. The third-order valence-electron chi connectivity index (χ3n) is 3.55. The minimum Gasteiger partial charge on any atom is -0.383 e. The van der Waals surface area contributed by atoms with Gasteiger partial charge in [0.05, 0.1) is 16.9 Å². The van der Waals surface area contributed by atoms with Crippen molar-refractivity contribution in [3.63, 3.8) is 0 Å². The molecule has 0 saturated carbocycles. The van der Waals surface area contributed by atoms with E-state index in [-0.39, 0.29) is 17.5 Å². The van der Waals surface area contributed by atoms with Gasteiger partial charge in [0, 0.05) is 19.3 Å². The number of aromatic nitrogens is 2. The van der Waals surface area contributed by atoms with Crippen molar-refractivity contribution in [3.05, 3.63) is 45.2 Å². The van der Waals surface area contributed by atoms with Crippen LogP contribution in [0, 0.1) is 6.92 Å². The topological polar surface area (TPSA) is 72.7 Å². The van der Waals surface area contributed by atoms with E-state index in [9.17, 15) is 9.59 Å². The normalized spacial score (nSPS) is 12.7. The van der Waals surface area contributed by atoms with Crippen LogP contribution in [0.25, 0.3) is 15.9 Å². The highest BCUT2D eigenvalue weighted by molar-refractivity contribution is 7.20. The van der Waals surface area contributed by atoms with Crippen molar-refractivity contribution in [2.24, 2.45) is 0 Å². The van der Waals surface area contributed by atoms with Gasteiger partial charge in [0.2, 0.25) is 0 Å². The van der Waals surface area contributed by atoms with E-state index in [1.165, 1.54) is 15.7 Å². The lowest BCUT2D eigenvalue weighted by Gasteiger charge is -2.11. The molecule has 0 aliphatic rings. The van der Waals surface area contributed by atoms with E-state index in [0.717, 1.165) is 5.56 Å². The Kier molecular flexibility index (Phi) is 4.14. The van der Waals surface area contributed by atoms with Crippen molar-refractivity contribution in [3.8, 4) is 0 Å². The Morgan fingerprint density at radius 2 is 2.30 bits per heavy atom. The summed E-state index contributed by atoms with van der Waals surface area (Å²) < 4.78 is 6.52. The summed E-state index contributed by atoms with van der Waals surface area (Å²) in [5.74, 6) is -0.220. The van der Waals surface area contributed by atoms with Gasteiger partial charge in [-0.15, -0.1) is 11.3 Å². The second-order valence-corrected chi connectivity index (χ2v) is 6.49. The minimum absolute atomic E-state index is 0.104. The number of nitrogens with zero attached hydrogens (tertiary/aromatic N) is 2. The molecule has 0 aliphatic heterocycles. The van der Waals surface area contributed by atoms with Crippen LogP contribution >= 0.6 is 11.3 Å². The molecule has 1 atom stereocenters. The van der Waals surface area contributed by atoms with Crippen LogP contribution in [0.2, 0.25) is 0 Å². The lowest BCUT2D eigenvalue weighted by Crippen LogP contribution is -2.35. The molecule has 1 amide bonds. The standard InChI is InChI=1S/C16H17N3O3S/c1-9-5-4-6-19-13(9)18-15-11(16(19)21)7-12(23-15)14(20)17-10(2)8-22-3/h4-7,10H,8H2,1-3H3,(H,17,20)/t10-/m1/s1. The van der Waals surface area contributed by atoms with Crippen LogP contribution in [-0.4, -0.2) is 35.1 Å². The molecule has 120 valence electrons. The Labute approximate surface area is 136 Å². The largest absolute Gasteiger partial charge is 0.383 e. The van der Waals surface area contributed by atoms with E-state index in [1.54, 1.807) is 19.4 Å². The van der Waals surface area contributed by atoms with Crippen molar-refractivity contribution in [1.29, 1.82) is 0 Å². The highest BCUT2D eigenvalue weighted by atomic mass is 32.1. The molecule has 3 rings (SSSR count). The van der Waals surface area contributed by atoms with Crippen LogP contribution in [0.1, 0.15) is 22.2 Å². The van der Waals surface area contributed by atoms with Gasteiger partial charge in [0.1, 0.15) is 10.5 Å². The molecule has 0 bridgehead atoms. The first kappa shape index (κ1) is 15.6. The molecule has 0 aliphatic carbocycles. The van der Waals surface area contributed by atoms with Crippen LogP contribution in [0.15, 0.2) is 29.2 Å². The van der Waals surface area contributed by atoms with E-state index >= 15 is 0 Å². The number of thiophene rings is 1. The van der Waals surface area contributed by atoms with Gasteiger partial charge in [-0.25, -0.2) is 4.98 Å². The SMILES string of the molecule is COC[C@@H](C)NC(=O)c1cc2c(=O)n3cccc(C)c3nc2s1. The molecule has 0 aromatic carbocycles. The molecule has 3 aromatic heterocycles. The maximum absolute atomic E-state index is 12.6. The minimum atomic E-state index is -0.220. The second-order valence-electron chi connectivity index (χ2n) is 5.46. The first-order valence-corrected chi connectivity index (χ1v) is 8.04. The van der Waals surface area contributed by atoms with Crippen molar-refractivity contribution in [2.45, 2.75) is 19.9 Å². The average molecular weight is 331 g/mol. The van der Waals surface area contributed by atoms with Crippen LogP contribution in [0.3, 0.4) is 0 Å². The molecule has 3 aromatic rings. The summed E-state index contributed by atoms with van der Waals surface area (Å²) in [7, 11) is 1.58. The Balaban J connectivity index is 2.07. The van der Waals surface area contributed by atoms with E-state index in [4.69, 9.17) is 4.74 Å². The maximum Gasteiger partial charge on any atom is 0.266 e. The molecular weight excluding hydrogens is 314 g/mol. The lowest BCUT2D eigenvalue weighted by molar-refractivity contribution is 0.0909. The Morgan fingerprint density at radius 3 is 3.04 bits per heavy atom. The van der Waals surface area contributed by atoms with Crippen LogP contribution in [-0.2, 0) is 4.74 Å². The van der Waals surface area contributed by atoms with Gasteiger partial charge in [-0.2, -0.15) is 0 Å². The van der Waals surface area contributed by atoms with Gasteiger partial charge < -0.3 is 10.1 Å². The summed E-state index contributed by atoms with van der Waals surface area (Å²) in [6, 6.07) is 5.22. The summed E-state index contributed by atoms with van der Waals surface area (Å²) in [5.41, 5.74) is 1.38. The molecule has 6 nitrogen and oxygen atoms in total. The first-order chi connectivity index (χ1) is 11.0. The summed E-state index contributed by atoms with van der Waals surface area (Å²) in [6.07, 6.45) is 1.69. The third kappa shape index (κ3) is 2.85. The fourth-order valence-corrected chi connectivity index (χ4v) is 3.38. The molecule has 0 radical (unpaired) electrons. The molecule has 0 unspecified atom stereocenters. The summed E-state index contributed by atoms with van der Waals surface area (Å²) in [5, 5.41) is 3.30.